The van der Waals surface area contributed by atoms with E-state index in [0.29, 0.717) is 5.56 Å². The minimum absolute atomic E-state index is 0. The maximum absolute atomic E-state index is 13.1. The van der Waals surface area contributed by atoms with Gasteiger partial charge in [-0.2, -0.15) is 0 Å². The first kappa shape index (κ1) is 29.0. The third-order valence-corrected chi connectivity index (χ3v) is 6.52. The number of rotatable bonds is 4. The Hall–Kier alpha value is -1.27. The quantitative estimate of drug-likeness (QED) is 0.403. The topological polar surface area (TPSA) is 66.8 Å². The van der Waals surface area contributed by atoms with Crippen LogP contribution in [0.5, 0.6) is 11.5 Å². The van der Waals surface area contributed by atoms with Gasteiger partial charge in [0.25, 0.3) is 0 Å². The number of phenolic OH excluding ortho intramolecular Hbond substituents is 2. The van der Waals surface area contributed by atoms with Gasteiger partial charge in [-0.3, -0.25) is 0 Å². The Morgan fingerprint density at radius 2 is 1.18 bits per heavy atom. The van der Waals surface area contributed by atoms with Crippen LogP contribution in [0.4, 0.5) is 0 Å². The summed E-state index contributed by atoms with van der Waals surface area (Å²) < 4.78 is 6.30. The molecule has 4 nitrogen and oxygen atoms in total. The standard InChI is InChI=1S/C28H30O4.2Na.2H/c1-15(2)20-13-23(17(5)11-25(20)29)28(22-10-8-7-9-19(22)27(31)32-28)24-14-21(16(3)4)26(30)12-18(24)6;;;;/h7-16,29-30H,1-6H3;;;;. The third-order valence-electron chi connectivity index (χ3n) is 6.52. The number of carbonyl (C=O) groups excluding carboxylic acids is 1. The minimum atomic E-state index is -1.17. The van der Waals surface area contributed by atoms with E-state index in [0.717, 1.165) is 38.9 Å². The van der Waals surface area contributed by atoms with Crippen LogP contribution in [0.25, 0.3) is 0 Å². The predicted molar refractivity (Wildman–Crippen MR) is 140 cm³/mol. The molecule has 0 aromatic heterocycles. The second-order valence-electron chi connectivity index (χ2n) is 9.38. The number of benzene rings is 3. The molecule has 6 heteroatoms. The number of fused-ring (bicyclic) bond motifs is 1. The summed E-state index contributed by atoms with van der Waals surface area (Å²) in [4.78, 5) is 13.1. The van der Waals surface area contributed by atoms with Crippen LogP contribution in [0.3, 0.4) is 0 Å². The Morgan fingerprint density at radius 1 is 0.735 bits per heavy atom. The summed E-state index contributed by atoms with van der Waals surface area (Å²) in [5.74, 6) is 0.271. The van der Waals surface area contributed by atoms with E-state index in [4.69, 9.17) is 4.74 Å². The van der Waals surface area contributed by atoms with E-state index in [1.54, 1.807) is 18.2 Å². The van der Waals surface area contributed by atoms with E-state index in [2.05, 4.69) is 0 Å². The Bertz CT molecular complexity index is 1170. The van der Waals surface area contributed by atoms with E-state index < -0.39 is 5.60 Å². The summed E-state index contributed by atoms with van der Waals surface area (Å²) in [6, 6.07) is 14.9. The van der Waals surface area contributed by atoms with Crippen LogP contribution in [0.2, 0.25) is 0 Å². The molecule has 0 radical (unpaired) electrons. The third kappa shape index (κ3) is 4.61. The monoisotopic (exact) mass is 478 g/mol. The average Bonchev–Trinajstić information content (AvgIpc) is 3.01. The summed E-state index contributed by atoms with van der Waals surface area (Å²) in [6.45, 7) is 12.0. The molecule has 0 saturated carbocycles. The van der Waals surface area contributed by atoms with Crippen molar-refractivity contribution in [3.63, 3.8) is 0 Å². The van der Waals surface area contributed by atoms with Crippen molar-refractivity contribution < 1.29 is 19.7 Å². The first-order chi connectivity index (χ1) is 15.1. The first-order valence-corrected chi connectivity index (χ1v) is 11.1. The van der Waals surface area contributed by atoms with Crippen LogP contribution in [0.1, 0.15) is 88.8 Å². The fraction of sp³-hybridized carbons (Fsp3) is 0.321. The molecule has 0 spiro atoms. The van der Waals surface area contributed by atoms with Gasteiger partial charge in [0.15, 0.2) is 5.60 Å². The first-order valence-electron chi connectivity index (χ1n) is 11.1. The molecule has 0 atom stereocenters. The summed E-state index contributed by atoms with van der Waals surface area (Å²) >= 11 is 0. The van der Waals surface area contributed by atoms with Gasteiger partial charge in [0, 0.05) is 16.7 Å². The summed E-state index contributed by atoms with van der Waals surface area (Å²) in [5.41, 5.74) is 5.03. The fourth-order valence-corrected chi connectivity index (χ4v) is 4.86. The van der Waals surface area contributed by atoms with E-state index >= 15 is 0 Å². The number of cyclic esters (lactones) is 1. The van der Waals surface area contributed by atoms with Gasteiger partial charge < -0.3 is 14.9 Å². The van der Waals surface area contributed by atoms with Crippen LogP contribution in [0, 0.1) is 13.8 Å². The van der Waals surface area contributed by atoms with Crippen molar-refractivity contribution >= 4 is 65.1 Å². The van der Waals surface area contributed by atoms with Crippen LogP contribution in [-0.2, 0) is 10.3 Å². The molecule has 2 N–H and O–H groups in total. The van der Waals surface area contributed by atoms with Gasteiger partial charge in [-0.25, -0.2) is 4.79 Å². The van der Waals surface area contributed by atoms with Crippen molar-refractivity contribution in [2.75, 3.05) is 0 Å². The number of aryl methyl sites for hydroxylation is 2. The zero-order valence-corrected chi connectivity index (χ0v) is 19.5. The normalized spacial score (nSPS) is 13.8. The fourth-order valence-electron chi connectivity index (χ4n) is 4.86. The van der Waals surface area contributed by atoms with E-state index in [-0.39, 0.29) is 88.4 Å². The van der Waals surface area contributed by atoms with Gasteiger partial charge in [0.1, 0.15) is 11.5 Å². The van der Waals surface area contributed by atoms with Gasteiger partial charge >= 0.3 is 65.1 Å². The van der Waals surface area contributed by atoms with Crippen molar-refractivity contribution in [2.45, 2.75) is 59.0 Å². The second kappa shape index (κ2) is 10.8. The zero-order chi connectivity index (χ0) is 23.4. The number of hydrogen-bond acceptors (Lipinski definition) is 4. The number of carbonyl (C=O) groups is 1. The summed E-state index contributed by atoms with van der Waals surface area (Å²) in [5, 5.41) is 21.2. The van der Waals surface area contributed by atoms with Crippen LogP contribution < -0.4 is 0 Å². The Labute approximate surface area is 246 Å². The second-order valence-corrected chi connectivity index (χ2v) is 9.38. The molecule has 0 amide bonds. The Morgan fingerprint density at radius 3 is 1.62 bits per heavy atom. The number of aromatic hydroxyl groups is 2. The molecule has 4 rings (SSSR count). The maximum atomic E-state index is 13.1. The molecule has 0 bridgehead atoms. The number of esters is 1. The molecule has 170 valence electrons. The number of phenols is 2. The molecular formula is C28H32Na2O4. The molecule has 1 aliphatic heterocycles. The molecule has 3 aromatic carbocycles. The molecule has 34 heavy (non-hydrogen) atoms. The molecule has 0 unspecified atom stereocenters. The van der Waals surface area contributed by atoms with Gasteiger partial charge in [0.2, 0.25) is 0 Å². The van der Waals surface area contributed by atoms with Crippen LogP contribution >= 0.6 is 0 Å². The molecule has 0 fully saturated rings. The summed E-state index contributed by atoms with van der Waals surface area (Å²) in [7, 11) is 0. The van der Waals surface area contributed by atoms with Gasteiger partial charge in [0.05, 0.1) is 5.56 Å². The summed E-state index contributed by atoms with van der Waals surface area (Å²) in [6.07, 6.45) is 0. The van der Waals surface area contributed by atoms with Crippen molar-refractivity contribution in [2.24, 2.45) is 0 Å². The SMILES string of the molecule is Cc1cc(O)c(C(C)C)cc1C1(c2cc(C(C)C)c(O)cc2C)OC(=O)c2ccccc21.[NaH].[NaH]. The van der Waals surface area contributed by atoms with E-state index in [1.807, 2.05) is 71.9 Å². The van der Waals surface area contributed by atoms with Gasteiger partial charge in [-0.1, -0.05) is 45.9 Å². The van der Waals surface area contributed by atoms with Gasteiger partial charge in [-0.05, 0) is 78.3 Å². The molecular weight excluding hydrogens is 446 g/mol. The molecule has 1 aliphatic rings. The average molecular weight is 479 g/mol. The van der Waals surface area contributed by atoms with Crippen LogP contribution in [-0.4, -0.2) is 75.3 Å². The molecule has 3 aromatic rings. The zero-order valence-electron chi connectivity index (χ0n) is 19.5. The van der Waals surface area contributed by atoms with Crippen molar-refractivity contribution in [3.8, 4) is 11.5 Å². The van der Waals surface area contributed by atoms with Crippen molar-refractivity contribution in [1.29, 1.82) is 0 Å². The number of hydrogen-bond donors (Lipinski definition) is 2. The van der Waals surface area contributed by atoms with E-state index in [9.17, 15) is 15.0 Å². The number of ether oxygens (including phenoxy) is 1. The molecule has 0 aliphatic carbocycles. The molecule has 1 heterocycles. The van der Waals surface area contributed by atoms with Crippen molar-refractivity contribution in [1.82, 2.24) is 0 Å². The predicted octanol–water partition coefficient (Wildman–Crippen LogP) is 5.13. The molecule has 0 saturated heterocycles. The van der Waals surface area contributed by atoms with Crippen LogP contribution in [0.15, 0.2) is 48.5 Å². The van der Waals surface area contributed by atoms with Gasteiger partial charge in [-0.15, -0.1) is 0 Å². The Balaban J connectivity index is 0.00000204. The Kier molecular flexibility index (Phi) is 9.18. The van der Waals surface area contributed by atoms with Crippen molar-refractivity contribution in [3.05, 3.63) is 93.0 Å². The van der Waals surface area contributed by atoms with E-state index in [1.165, 1.54) is 0 Å².